The van der Waals surface area contributed by atoms with Crippen LogP contribution in [0.15, 0.2) is 48.5 Å². The normalized spacial score (nSPS) is 23.5. The molecule has 2 aromatic carbocycles. The zero-order valence-electron chi connectivity index (χ0n) is 16.8. The maximum Gasteiger partial charge on any atom is 0.428 e. The molecule has 5 rings (SSSR count). The van der Waals surface area contributed by atoms with Gasteiger partial charge in [0.1, 0.15) is 0 Å². The van der Waals surface area contributed by atoms with Gasteiger partial charge < -0.3 is 4.90 Å². The molecule has 32 heavy (non-hydrogen) atoms. The Hall–Kier alpha value is -2.22. The van der Waals surface area contributed by atoms with E-state index in [1.54, 1.807) is 12.1 Å². The second-order valence-corrected chi connectivity index (χ2v) is 9.36. The molecule has 168 valence electrons. The average Bonchev–Trinajstić information content (AvgIpc) is 3.43. The van der Waals surface area contributed by atoms with Crippen LogP contribution in [0, 0.1) is 5.92 Å². The molecule has 2 aliphatic heterocycles. The van der Waals surface area contributed by atoms with E-state index < -0.39 is 11.8 Å². The fourth-order valence-electron chi connectivity index (χ4n) is 4.15. The van der Waals surface area contributed by atoms with Gasteiger partial charge in [-0.1, -0.05) is 47.5 Å². The molecule has 9 heteroatoms. The van der Waals surface area contributed by atoms with Crippen LogP contribution >= 0.6 is 23.2 Å². The molecule has 0 radical (unpaired) electrons. The van der Waals surface area contributed by atoms with E-state index in [0.29, 0.717) is 18.7 Å². The third-order valence-electron chi connectivity index (χ3n) is 6.20. The van der Waals surface area contributed by atoms with Gasteiger partial charge in [0.15, 0.2) is 0 Å². The Morgan fingerprint density at radius 2 is 1.69 bits per heavy atom. The fourth-order valence-corrected chi connectivity index (χ4v) is 4.67. The van der Waals surface area contributed by atoms with Crippen molar-refractivity contribution < 1.29 is 22.8 Å². The van der Waals surface area contributed by atoms with Crippen molar-refractivity contribution in [2.75, 3.05) is 13.1 Å². The molecule has 2 heterocycles. The summed E-state index contributed by atoms with van der Waals surface area (Å²) in [6.45, 7) is 1.37. The number of alkyl halides is 3. The van der Waals surface area contributed by atoms with E-state index in [1.165, 1.54) is 18.2 Å². The van der Waals surface area contributed by atoms with Crippen molar-refractivity contribution in [3.63, 3.8) is 0 Å². The zero-order chi connectivity index (χ0) is 22.7. The zero-order valence-corrected chi connectivity index (χ0v) is 18.3. The fraction of sp³-hybridized carbons (Fsp3) is 0.348. The highest BCUT2D eigenvalue weighted by atomic mass is 35.5. The van der Waals surface area contributed by atoms with E-state index in [-0.39, 0.29) is 39.0 Å². The molecular weight excluding hydrogens is 464 g/mol. The minimum atomic E-state index is -4.75. The van der Waals surface area contributed by atoms with Crippen LogP contribution in [0.25, 0.3) is 5.70 Å². The van der Waals surface area contributed by atoms with Gasteiger partial charge in [0, 0.05) is 40.5 Å². The van der Waals surface area contributed by atoms with E-state index in [9.17, 15) is 18.0 Å². The second kappa shape index (κ2) is 7.68. The summed E-state index contributed by atoms with van der Waals surface area (Å²) in [6, 6.07) is 11.0. The Morgan fingerprint density at radius 1 is 1.06 bits per heavy atom. The molecule has 1 saturated heterocycles. The first kappa shape index (κ1) is 21.6. The van der Waals surface area contributed by atoms with Gasteiger partial charge in [-0.05, 0) is 48.2 Å². The number of benzene rings is 2. The summed E-state index contributed by atoms with van der Waals surface area (Å²) in [5, 5.41) is 0.168. The van der Waals surface area contributed by atoms with Gasteiger partial charge in [0.25, 0.3) is 0 Å². The van der Waals surface area contributed by atoms with E-state index in [0.717, 1.165) is 24.5 Å². The molecule has 1 atom stereocenters. The van der Waals surface area contributed by atoms with Crippen molar-refractivity contribution in [2.24, 2.45) is 5.92 Å². The van der Waals surface area contributed by atoms with Gasteiger partial charge in [0.2, 0.25) is 11.5 Å². The van der Waals surface area contributed by atoms with Gasteiger partial charge in [-0.25, -0.2) is 0 Å². The average molecular weight is 483 g/mol. The molecule has 1 amide bonds. The van der Waals surface area contributed by atoms with Gasteiger partial charge in [-0.2, -0.15) is 13.2 Å². The molecule has 0 spiro atoms. The highest BCUT2D eigenvalue weighted by Crippen LogP contribution is 2.48. The van der Waals surface area contributed by atoms with E-state index in [2.05, 4.69) is 5.48 Å². The van der Waals surface area contributed by atoms with E-state index in [4.69, 9.17) is 28.0 Å². The maximum absolute atomic E-state index is 14.1. The monoisotopic (exact) mass is 482 g/mol. The first-order chi connectivity index (χ1) is 15.2. The number of hydroxylamine groups is 1. The highest BCUT2D eigenvalue weighted by molar-refractivity contribution is 6.34. The molecule has 0 aromatic heterocycles. The van der Waals surface area contributed by atoms with Crippen LogP contribution < -0.4 is 5.48 Å². The molecule has 1 unspecified atom stereocenters. The van der Waals surface area contributed by atoms with Crippen LogP contribution in [0.4, 0.5) is 13.2 Å². The minimum absolute atomic E-state index is 0.0839. The lowest BCUT2D eigenvalue weighted by Gasteiger charge is -2.39. The standard InChI is InChI=1S/C23H19Cl2F3N2O2/c24-18-7-17(8-19(25)9-18)22(23(26,27)28)10-20(29-32-22)14-3-1-13(2-4-14)16-11-30(12-16)21(31)15-5-6-15/h1-4,7-10,15-16,29H,5-6,11-12H2. The number of amides is 1. The molecule has 2 fully saturated rings. The molecule has 3 aliphatic rings. The Balaban J connectivity index is 1.37. The van der Waals surface area contributed by atoms with E-state index >= 15 is 0 Å². The van der Waals surface area contributed by atoms with Crippen molar-refractivity contribution in [3.05, 3.63) is 75.3 Å². The minimum Gasteiger partial charge on any atom is -0.341 e. The quantitative estimate of drug-likeness (QED) is 0.610. The number of likely N-dealkylation sites (tertiary alicyclic amines) is 1. The highest BCUT2D eigenvalue weighted by Gasteiger charge is 2.59. The number of carbonyl (C=O) groups is 1. The summed E-state index contributed by atoms with van der Waals surface area (Å²) >= 11 is 11.9. The lowest BCUT2D eigenvalue weighted by molar-refractivity contribution is -0.269. The topological polar surface area (TPSA) is 41.6 Å². The third kappa shape index (κ3) is 3.76. The van der Waals surface area contributed by atoms with Crippen LogP contribution in [0.3, 0.4) is 0 Å². The third-order valence-corrected chi connectivity index (χ3v) is 6.63. The number of hydrogen-bond acceptors (Lipinski definition) is 3. The summed E-state index contributed by atoms with van der Waals surface area (Å²) in [6.07, 6.45) is -1.78. The van der Waals surface area contributed by atoms with Crippen molar-refractivity contribution >= 4 is 34.8 Å². The van der Waals surface area contributed by atoms with Crippen molar-refractivity contribution in [3.8, 4) is 0 Å². The first-order valence-electron chi connectivity index (χ1n) is 10.3. The Bertz CT molecular complexity index is 1070. The van der Waals surface area contributed by atoms with Crippen molar-refractivity contribution in [2.45, 2.75) is 30.5 Å². The molecule has 0 bridgehead atoms. The lowest BCUT2D eigenvalue weighted by atomic mass is 9.89. The number of nitrogens with one attached hydrogen (secondary N) is 1. The molecule has 2 aromatic rings. The molecule has 4 nitrogen and oxygen atoms in total. The first-order valence-corrected chi connectivity index (χ1v) is 11.0. The number of nitrogens with zero attached hydrogens (tertiary/aromatic N) is 1. The van der Waals surface area contributed by atoms with Crippen LogP contribution in [0.1, 0.15) is 35.4 Å². The van der Waals surface area contributed by atoms with Gasteiger partial charge in [-0.3, -0.25) is 15.1 Å². The van der Waals surface area contributed by atoms with Gasteiger partial charge >= 0.3 is 6.18 Å². The number of halogens is 5. The van der Waals surface area contributed by atoms with Crippen LogP contribution in [0.2, 0.25) is 10.0 Å². The number of carbonyl (C=O) groups excluding carboxylic acids is 1. The molecule has 1 saturated carbocycles. The maximum atomic E-state index is 14.1. The summed E-state index contributed by atoms with van der Waals surface area (Å²) in [4.78, 5) is 19.1. The van der Waals surface area contributed by atoms with Crippen LogP contribution in [-0.2, 0) is 15.2 Å². The molecule has 1 aliphatic carbocycles. The summed E-state index contributed by atoms with van der Waals surface area (Å²) in [5.41, 5.74) is 1.31. The number of rotatable bonds is 4. The van der Waals surface area contributed by atoms with Crippen LogP contribution in [0.5, 0.6) is 0 Å². The smallest absolute Gasteiger partial charge is 0.341 e. The SMILES string of the molecule is O=C(C1CC1)N1CC(c2ccc(C3=CC(c4cc(Cl)cc(Cl)c4)(C(F)(F)F)ON3)cc2)C1. The largest absolute Gasteiger partial charge is 0.428 e. The summed E-state index contributed by atoms with van der Waals surface area (Å²) in [5.74, 6) is 0.693. The molecular formula is C23H19Cl2F3N2O2. The second-order valence-electron chi connectivity index (χ2n) is 8.49. The van der Waals surface area contributed by atoms with Gasteiger partial charge in [0.05, 0.1) is 5.70 Å². The Kier molecular flexibility index (Phi) is 5.19. The van der Waals surface area contributed by atoms with Crippen molar-refractivity contribution in [1.82, 2.24) is 10.4 Å². The summed E-state index contributed by atoms with van der Waals surface area (Å²) in [7, 11) is 0. The molecule has 1 N–H and O–H groups in total. The van der Waals surface area contributed by atoms with Crippen LogP contribution in [-0.4, -0.2) is 30.1 Å². The lowest BCUT2D eigenvalue weighted by Crippen LogP contribution is -2.49. The van der Waals surface area contributed by atoms with Crippen molar-refractivity contribution in [1.29, 1.82) is 0 Å². The summed E-state index contributed by atoms with van der Waals surface area (Å²) < 4.78 is 42.3. The predicted octanol–water partition coefficient (Wildman–Crippen LogP) is 5.66. The Morgan fingerprint density at radius 3 is 2.25 bits per heavy atom. The van der Waals surface area contributed by atoms with E-state index in [1.807, 2.05) is 17.0 Å². The van der Waals surface area contributed by atoms with Gasteiger partial charge in [-0.15, -0.1) is 0 Å². The Labute approximate surface area is 192 Å². The number of hydrogen-bond donors (Lipinski definition) is 1. The predicted molar refractivity (Wildman–Crippen MR) is 115 cm³/mol.